The molecule has 0 aliphatic heterocycles. The fourth-order valence-electron chi connectivity index (χ4n) is 2.91. The van der Waals surface area contributed by atoms with Crippen LogP contribution in [-0.4, -0.2) is 27.7 Å². The van der Waals surface area contributed by atoms with Crippen LogP contribution in [0.5, 0.6) is 5.75 Å². The van der Waals surface area contributed by atoms with Gasteiger partial charge in [0.25, 0.3) is 5.91 Å². The smallest absolute Gasteiger partial charge is 0.416 e. The van der Waals surface area contributed by atoms with E-state index in [9.17, 15) is 28.1 Å². The van der Waals surface area contributed by atoms with Crippen molar-refractivity contribution in [2.45, 2.75) is 19.6 Å². The van der Waals surface area contributed by atoms with Crippen LogP contribution in [-0.2, 0) is 12.7 Å². The highest BCUT2D eigenvalue weighted by atomic mass is 19.4. The SMILES string of the molecule is COc1ccc(C(=O)Nc2cc(C)n(Cc3cccc(C(F)(F)F)c3)n2)cc1[N+](=O)[O-]. The average Bonchev–Trinajstić information content (AvgIpc) is 3.05. The maximum Gasteiger partial charge on any atom is 0.416 e. The van der Waals surface area contributed by atoms with Crippen molar-refractivity contribution < 1.29 is 27.6 Å². The first-order valence-corrected chi connectivity index (χ1v) is 8.93. The third-order valence-corrected chi connectivity index (χ3v) is 4.45. The molecule has 0 spiro atoms. The summed E-state index contributed by atoms with van der Waals surface area (Å²) in [4.78, 5) is 22.9. The lowest BCUT2D eigenvalue weighted by molar-refractivity contribution is -0.385. The second-order valence-corrected chi connectivity index (χ2v) is 6.62. The van der Waals surface area contributed by atoms with E-state index < -0.39 is 22.6 Å². The third kappa shape index (κ3) is 5.00. The number of methoxy groups -OCH3 is 1. The lowest BCUT2D eigenvalue weighted by atomic mass is 10.1. The van der Waals surface area contributed by atoms with E-state index in [0.29, 0.717) is 11.3 Å². The predicted molar refractivity (Wildman–Crippen MR) is 105 cm³/mol. The monoisotopic (exact) mass is 434 g/mol. The van der Waals surface area contributed by atoms with Crippen molar-refractivity contribution in [2.75, 3.05) is 12.4 Å². The molecule has 1 aromatic heterocycles. The van der Waals surface area contributed by atoms with Gasteiger partial charge in [-0.3, -0.25) is 19.6 Å². The van der Waals surface area contributed by atoms with Crippen LogP contribution in [0, 0.1) is 17.0 Å². The number of aryl methyl sites for hydroxylation is 1. The van der Waals surface area contributed by atoms with Crippen molar-refractivity contribution in [3.05, 3.63) is 81.0 Å². The van der Waals surface area contributed by atoms with Gasteiger partial charge in [-0.25, -0.2) is 0 Å². The number of aromatic nitrogens is 2. The summed E-state index contributed by atoms with van der Waals surface area (Å²) in [5.74, 6) is -0.454. The van der Waals surface area contributed by atoms with Gasteiger partial charge in [0, 0.05) is 23.4 Å². The quantitative estimate of drug-likeness (QED) is 0.457. The predicted octanol–water partition coefficient (Wildman–Crippen LogP) is 4.43. The van der Waals surface area contributed by atoms with Crippen LogP contribution in [0.1, 0.15) is 27.2 Å². The zero-order chi connectivity index (χ0) is 22.8. The maximum absolute atomic E-state index is 12.9. The number of nitro groups is 1. The number of carbonyl (C=O) groups excluding carboxylic acids is 1. The molecule has 0 radical (unpaired) electrons. The highest BCUT2D eigenvalue weighted by Gasteiger charge is 2.30. The first-order valence-electron chi connectivity index (χ1n) is 8.93. The standard InChI is InChI=1S/C20H17F3N4O4/c1-12-8-18(24-19(28)14-6-7-17(31-2)16(10-14)27(29)30)25-26(12)11-13-4-3-5-15(9-13)20(21,22)23/h3-10H,11H2,1-2H3,(H,24,25,28). The molecule has 8 nitrogen and oxygen atoms in total. The molecule has 162 valence electrons. The maximum atomic E-state index is 12.9. The molecule has 0 aliphatic carbocycles. The van der Waals surface area contributed by atoms with E-state index in [1.54, 1.807) is 19.1 Å². The van der Waals surface area contributed by atoms with Gasteiger partial charge in [-0.15, -0.1) is 0 Å². The summed E-state index contributed by atoms with van der Waals surface area (Å²) in [5, 5.41) is 17.9. The van der Waals surface area contributed by atoms with Crippen LogP contribution in [0.25, 0.3) is 0 Å². The zero-order valence-corrected chi connectivity index (χ0v) is 16.4. The number of amides is 1. The van der Waals surface area contributed by atoms with Crippen LogP contribution in [0.3, 0.4) is 0 Å². The lowest BCUT2D eigenvalue weighted by Gasteiger charge is -2.09. The highest BCUT2D eigenvalue weighted by Crippen LogP contribution is 2.30. The van der Waals surface area contributed by atoms with Gasteiger partial charge in [0.2, 0.25) is 0 Å². The number of benzene rings is 2. The van der Waals surface area contributed by atoms with Gasteiger partial charge in [-0.1, -0.05) is 12.1 Å². The van der Waals surface area contributed by atoms with Crippen molar-refractivity contribution >= 4 is 17.4 Å². The molecule has 3 rings (SSSR count). The summed E-state index contributed by atoms with van der Waals surface area (Å²) < 4.78 is 45.1. The van der Waals surface area contributed by atoms with Crippen molar-refractivity contribution in [3.63, 3.8) is 0 Å². The highest BCUT2D eigenvalue weighted by molar-refractivity contribution is 6.04. The summed E-state index contributed by atoms with van der Waals surface area (Å²) in [7, 11) is 1.28. The molecule has 0 bridgehead atoms. The number of nitrogens with zero attached hydrogens (tertiary/aromatic N) is 3. The molecular formula is C20H17F3N4O4. The largest absolute Gasteiger partial charge is 0.490 e. The molecule has 1 N–H and O–H groups in total. The Morgan fingerprint density at radius 3 is 2.61 bits per heavy atom. The Morgan fingerprint density at radius 2 is 1.97 bits per heavy atom. The summed E-state index contributed by atoms with van der Waals surface area (Å²) in [5.41, 5.74) is -0.0958. The van der Waals surface area contributed by atoms with Crippen LogP contribution in [0.2, 0.25) is 0 Å². The molecule has 0 unspecified atom stereocenters. The fraction of sp³-hybridized carbons (Fsp3) is 0.200. The molecule has 0 fully saturated rings. The third-order valence-electron chi connectivity index (χ3n) is 4.45. The van der Waals surface area contributed by atoms with Gasteiger partial charge in [-0.2, -0.15) is 18.3 Å². The Hall–Kier alpha value is -3.89. The number of anilines is 1. The summed E-state index contributed by atoms with van der Waals surface area (Å²) >= 11 is 0. The van der Waals surface area contributed by atoms with Crippen molar-refractivity contribution in [2.24, 2.45) is 0 Å². The normalized spacial score (nSPS) is 11.3. The minimum atomic E-state index is -4.45. The second kappa shape index (κ2) is 8.46. The number of halogens is 3. The molecule has 31 heavy (non-hydrogen) atoms. The van der Waals surface area contributed by atoms with Crippen LogP contribution >= 0.6 is 0 Å². The first-order chi connectivity index (χ1) is 14.6. The van der Waals surface area contributed by atoms with Crippen LogP contribution < -0.4 is 10.1 Å². The van der Waals surface area contributed by atoms with Crippen molar-refractivity contribution in [1.82, 2.24) is 9.78 Å². The molecular weight excluding hydrogens is 417 g/mol. The number of rotatable bonds is 6. The molecule has 3 aromatic rings. The van der Waals surface area contributed by atoms with Gasteiger partial charge < -0.3 is 10.1 Å². The topological polar surface area (TPSA) is 99.3 Å². The summed E-state index contributed by atoms with van der Waals surface area (Å²) in [6, 6.07) is 10.2. The van der Waals surface area contributed by atoms with E-state index in [4.69, 9.17) is 4.74 Å². The minimum absolute atomic E-state index is 0.0164. The molecule has 1 amide bonds. The van der Waals surface area contributed by atoms with Crippen LogP contribution in [0.4, 0.5) is 24.7 Å². The Balaban J connectivity index is 1.78. The van der Waals surface area contributed by atoms with Crippen molar-refractivity contribution in [3.8, 4) is 5.75 Å². The van der Waals surface area contributed by atoms with Gasteiger partial charge in [0.1, 0.15) is 0 Å². The van der Waals surface area contributed by atoms with E-state index in [1.807, 2.05) is 0 Å². The Morgan fingerprint density at radius 1 is 1.23 bits per heavy atom. The Labute approximate surface area is 174 Å². The first kappa shape index (κ1) is 21.8. The van der Waals surface area contributed by atoms with Gasteiger partial charge in [0.05, 0.1) is 24.1 Å². The van der Waals surface area contributed by atoms with Crippen molar-refractivity contribution in [1.29, 1.82) is 0 Å². The van der Waals surface area contributed by atoms with Gasteiger partial charge >= 0.3 is 11.9 Å². The summed E-state index contributed by atoms with van der Waals surface area (Å²) in [6.45, 7) is 1.76. The van der Waals surface area contributed by atoms with E-state index in [1.165, 1.54) is 30.0 Å². The molecule has 11 heteroatoms. The number of nitrogens with one attached hydrogen (secondary N) is 1. The van der Waals surface area contributed by atoms with Gasteiger partial charge in [-0.05, 0) is 36.8 Å². The average molecular weight is 434 g/mol. The molecule has 1 heterocycles. The number of ether oxygens (including phenoxy) is 1. The fourth-order valence-corrected chi connectivity index (χ4v) is 2.91. The van der Waals surface area contributed by atoms with E-state index >= 15 is 0 Å². The number of nitro benzene ring substituents is 1. The number of hydrogen-bond acceptors (Lipinski definition) is 5. The molecule has 0 atom stereocenters. The summed E-state index contributed by atoms with van der Waals surface area (Å²) in [6.07, 6.45) is -4.45. The molecule has 0 aliphatic rings. The van der Waals surface area contributed by atoms with E-state index in [0.717, 1.165) is 18.2 Å². The van der Waals surface area contributed by atoms with Crippen LogP contribution in [0.15, 0.2) is 48.5 Å². The minimum Gasteiger partial charge on any atom is -0.490 e. The van der Waals surface area contributed by atoms with E-state index in [2.05, 4.69) is 10.4 Å². The van der Waals surface area contributed by atoms with E-state index in [-0.39, 0.29) is 29.4 Å². The Kier molecular flexibility index (Phi) is 5.95. The number of alkyl halides is 3. The molecule has 2 aromatic carbocycles. The molecule has 0 saturated heterocycles. The Bertz CT molecular complexity index is 1140. The zero-order valence-electron chi connectivity index (χ0n) is 16.4. The van der Waals surface area contributed by atoms with Gasteiger partial charge in [0.15, 0.2) is 11.6 Å². The number of hydrogen-bond donors (Lipinski definition) is 1. The second-order valence-electron chi connectivity index (χ2n) is 6.62. The number of carbonyl (C=O) groups is 1. The lowest BCUT2D eigenvalue weighted by Crippen LogP contribution is -2.13. The molecule has 0 saturated carbocycles.